The molecule has 5 nitrogen and oxygen atoms in total. The van der Waals surface area contributed by atoms with E-state index in [4.69, 9.17) is 4.55 Å². The number of aryl methyl sites for hydroxylation is 1. The van der Waals surface area contributed by atoms with Gasteiger partial charge in [0.1, 0.15) is 12.4 Å². The predicted octanol–water partition coefficient (Wildman–Crippen LogP) is 4.22. The van der Waals surface area contributed by atoms with E-state index in [1.807, 2.05) is 41.7 Å². The number of nitrogens with zero attached hydrogens (tertiary/aromatic N) is 2. The first-order valence-corrected chi connectivity index (χ1v) is 10.8. The molecule has 0 bridgehead atoms. The molecule has 2 atom stereocenters. The van der Waals surface area contributed by atoms with E-state index in [9.17, 15) is 21.6 Å². The minimum atomic E-state index is -4.33. The Morgan fingerprint density at radius 3 is 2.39 bits per heavy atom. The average Bonchev–Trinajstić information content (AvgIpc) is 3.07. The molecule has 9 heteroatoms. The molecular formula is C19H26F3N2O3S+. The monoisotopic (exact) mass is 419 g/mol. The van der Waals surface area contributed by atoms with Crippen molar-refractivity contribution in [3.05, 3.63) is 54.1 Å². The summed E-state index contributed by atoms with van der Waals surface area (Å²) < 4.78 is 72.4. The number of alkyl halides is 3. The standard InChI is InChI=1S/C19H25F3N2O3S/c1-3-16(17-5-7-18(8-6-17)19(20,21)22)13-15(2)24-11-10-23(14-24)9-4-12-28(25,26)27/h5-8,10-11,14-16H,3-4,9,12-13H2,1-2H3/p+1. The lowest BCUT2D eigenvalue weighted by atomic mass is 9.90. The van der Waals surface area contributed by atoms with Crippen LogP contribution < -0.4 is 4.57 Å². The topological polar surface area (TPSA) is 63.2 Å². The highest BCUT2D eigenvalue weighted by molar-refractivity contribution is 7.85. The van der Waals surface area contributed by atoms with Crippen LogP contribution in [0, 0.1) is 0 Å². The van der Waals surface area contributed by atoms with Gasteiger partial charge < -0.3 is 0 Å². The van der Waals surface area contributed by atoms with Crippen molar-refractivity contribution in [2.75, 3.05) is 5.75 Å². The van der Waals surface area contributed by atoms with Gasteiger partial charge in [-0.2, -0.15) is 21.6 Å². The Labute approximate surface area is 163 Å². The van der Waals surface area contributed by atoms with Crippen LogP contribution in [-0.2, 0) is 22.8 Å². The molecule has 0 aliphatic rings. The Bertz CT molecular complexity index is 861. The van der Waals surface area contributed by atoms with Gasteiger partial charge in [0.05, 0.1) is 23.9 Å². The number of aromatic nitrogens is 2. The lowest BCUT2D eigenvalue weighted by Crippen LogP contribution is -2.32. The molecule has 0 aliphatic heterocycles. The van der Waals surface area contributed by atoms with Gasteiger partial charge in [0.25, 0.3) is 10.1 Å². The summed E-state index contributed by atoms with van der Waals surface area (Å²) in [4.78, 5) is 0. The first kappa shape index (κ1) is 22.4. The van der Waals surface area contributed by atoms with Crippen LogP contribution >= 0.6 is 0 Å². The van der Waals surface area contributed by atoms with Gasteiger partial charge in [0, 0.05) is 6.42 Å². The van der Waals surface area contributed by atoms with Crippen molar-refractivity contribution < 1.29 is 30.7 Å². The molecule has 2 unspecified atom stereocenters. The molecule has 1 aromatic carbocycles. The second kappa shape index (κ2) is 9.09. The highest BCUT2D eigenvalue weighted by Crippen LogP contribution is 2.33. The fourth-order valence-corrected chi connectivity index (χ4v) is 3.74. The Kier molecular flexibility index (Phi) is 7.28. The number of hydrogen-bond donors (Lipinski definition) is 1. The average molecular weight is 419 g/mol. The Balaban J connectivity index is 1.99. The highest BCUT2D eigenvalue weighted by atomic mass is 32.2. The van der Waals surface area contributed by atoms with Gasteiger partial charge in [-0.05, 0) is 43.4 Å². The molecule has 28 heavy (non-hydrogen) atoms. The maximum Gasteiger partial charge on any atom is 0.416 e. The quantitative estimate of drug-likeness (QED) is 0.489. The smallest absolute Gasteiger partial charge is 0.286 e. The van der Waals surface area contributed by atoms with E-state index < -0.39 is 21.9 Å². The van der Waals surface area contributed by atoms with Crippen LogP contribution in [0.15, 0.2) is 43.0 Å². The fraction of sp³-hybridized carbons (Fsp3) is 0.526. The van der Waals surface area contributed by atoms with Crippen LogP contribution in [0.3, 0.4) is 0 Å². The van der Waals surface area contributed by atoms with Crippen molar-refractivity contribution in [2.45, 2.75) is 57.8 Å². The molecule has 0 radical (unpaired) electrons. The molecular weight excluding hydrogens is 393 g/mol. The third kappa shape index (κ3) is 6.63. The second-order valence-corrected chi connectivity index (χ2v) is 8.62. The van der Waals surface area contributed by atoms with Gasteiger partial charge in [-0.25, -0.2) is 9.13 Å². The summed E-state index contributed by atoms with van der Waals surface area (Å²) in [5, 5.41) is 0. The van der Waals surface area contributed by atoms with Gasteiger partial charge in [-0.1, -0.05) is 19.1 Å². The second-order valence-electron chi connectivity index (χ2n) is 7.05. The van der Waals surface area contributed by atoms with E-state index in [2.05, 4.69) is 0 Å². The lowest BCUT2D eigenvalue weighted by Gasteiger charge is -2.19. The first-order valence-electron chi connectivity index (χ1n) is 9.18. The van der Waals surface area contributed by atoms with E-state index in [0.717, 1.165) is 30.5 Å². The van der Waals surface area contributed by atoms with Gasteiger partial charge in [-0.3, -0.25) is 4.55 Å². The molecule has 0 spiro atoms. The van der Waals surface area contributed by atoms with Crippen LogP contribution in [0.5, 0.6) is 0 Å². The van der Waals surface area contributed by atoms with Gasteiger partial charge in [0.2, 0.25) is 6.33 Å². The number of imidazole rings is 1. The third-order valence-electron chi connectivity index (χ3n) is 4.87. The largest absolute Gasteiger partial charge is 0.416 e. The van der Waals surface area contributed by atoms with E-state index in [1.165, 1.54) is 0 Å². The highest BCUT2D eigenvalue weighted by Gasteiger charge is 2.30. The summed E-state index contributed by atoms with van der Waals surface area (Å²) in [6, 6.07) is 5.47. The van der Waals surface area contributed by atoms with Gasteiger partial charge in [0.15, 0.2) is 0 Å². The molecule has 1 heterocycles. The summed E-state index contributed by atoms with van der Waals surface area (Å²) in [5.74, 6) is -0.153. The molecule has 2 rings (SSSR count). The predicted molar refractivity (Wildman–Crippen MR) is 99.5 cm³/mol. The first-order chi connectivity index (χ1) is 13.0. The molecule has 156 valence electrons. The molecule has 1 N–H and O–H groups in total. The summed E-state index contributed by atoms with van der Waals surface area (Å²) in [6.45, 7) is 4.52. The van der Waals surface area contributed by atoms with Crippen molar-refractivity contribution in [3.63, 3.8) is 0 Å². The normalized spacial score (nSPS) is 14.8. The van der Waals surface area contributed by atoms with Crippen molar-refractivity contribution in [2.24, 2.45) is 0 Å². The van der Waals surface area contributed by atoms with Crippen molar-refractivity contribution >= 4 is 10.1 Å². The number of hydrogen-bond acceptors (Lipinski definition) is 2. The molecule has 0 amide bonds. The van der Waals surface area contributed by atoms with Crippen molar-refractivity contribution in [1.29, 1.82) is 0 Å². The van der Waals surface area contributed by atoms with Crippen LogP contribution in [0.2, 0.25) is 0 Å². The number of benzene rings is 1. The van der Waals surface area contributed by atoms with E-state index in [0.29, 0.717) is 13.0 Å². The van der Waals surface area contributed by atoms with Crippen molar-refractivity contribution in [1.82, 2.24) is 4.57 Å². The van der Waals surface area contributed by atoms with Crippen LogP contribution in [0.25, 0.3) is 0 Å². The van der Waals surface area contributed by atoms with Crippen LogP contribution in [0.1, 0.15) is 56.2 Å². The molecule has 1 aromatic heterocycles. The summed E-state index contributed by atoms with van der Waals surface area (Å²) in [5.41, 5.74) is 0.242. The molecule has 0 saturated heterocycles. The number of rotatable bonds is 9. The minimum Gasteiger partial charge on any atom is -0.286 e. The van der Waals surface area contributed by atoms with Crippen LogP contribution in [0.4, 0.5) is 13.2 Å². The fourth-order valence-electron chi connectivity index (χ4n) is 3.25. The molecule has 0 aliphatic carbocycles. The van der Waals surface area contributed by atoms with E-state index in [-0.39, 0.29) is 17.7 Å². The van der Waals surface area contributed by atoms with Crippen LogP contribution in [-0.4, -0.2) is 23.3 Å². The SMILES string of the molecule is CCC(CC(C)n1cc[n+](CCCS(=O)(=O)O)c1)c1ccc(C(F)(F)F)cc1. The van der Waals surface area contributed by atoms with E-state index in [1.54, 1.807) is 12.1 Å². The summed E-state index contributed by atoms with van der Waals surface area (Å²) >= 11 is 0. The lowest BCUT2D eigenvalue weighted by molar-refractivity contribution is -0.696. The maximum absolute atomic E-state index is 12.7. The summed E-state index contributed by atoms with van der Waals surface area (Å²) in [7, 11) is -3.96. The van der Waals surface area contributed by atoms with Gasteiger partial charge >= 0.3 is 6.18 Å². The van der Waals surface area contributed by atoms with Crippen molar-refractivity contribution in [3.8, 4) is 0 Å². The zero-order valence-electron chi connectivity index (χ0n) is 15.9. The summed E-state index contributed by atoms with van der Waals surface area (Å²) in [6.07, 6.45) is 3.14. The third-order valence-corrected chi connectivity index (χ3v) is 5.67. The Hall–Kier alpha value is -1.87. The van der Waals surface area contributed by atoms with Gasteiger partial charge in [-0.15, -0.1) is 0 Å². The maximum atomic E-state index is 12.7. The minimum absolute atomic E-state index is 0.120. The zero-order chi connectivity index (χ0) is 20.9. The molecule has 2 aromatic rings. The number of halogens is 3. The van der Waals surface area contributed by atoms with E-state index >= 15 is 0 Å². The Morgan fingerprint density at radius 1 is 1.21 bits per heavy atom. The molecule has 0 saturated carbocycles. The zero-order valence-corrected chi connectivity index (χ0v) is 16.7. The molecule has 0 fully saturated rings. The Morgan fingerprint density at radius 2 is 1.86 bits per heavy atom.